The second-order valence-electron chi connectivity index (χ2n) is 5.12. The summed E-state index contributed by atoms with van der Waals surface area (Å²) in [6.45, 7) is 1.83. The minimum Gasteiger partial charge on any atom is -0.406 e. The van der Waals surface area contributed by atoms with E-state index < -0.39 is 22.1 Å². The van der Waals surface area contributed by atoms with E-state index in [1.54, 1.807) is 0 Å². The number of ether oxygens (including phenoxy) is 1. The van der Waals surface area contributed by atoms with Crippen LogP contribution in [-0.2, 0) is 10.0 Å². The molecule has 4 nitrogen and oxygen atoms in total. The molecule has 1 aromatic carbocycles. The van der Waals surface area contributed by atoms with E-state index >= 15 is 0 Å². The van der Waals surface area contributed by atoms with Gasteiger partial charge < -0.3 is 4.74 Å². The van der Waals surface area contributed by atoms with Crippen LogP contribution >= 0.6 is 0 Å². The third kappa shape index (κ3) is 3.88. The Morgan fingerprint density at radius 1 is 1.24 bits per heavy atom. The largest absolute Gasteiger partial charge is 0.573 e. The molecule has 0 bridgehead atoms. The fourth-order valence-corrected chi connectivity index (χ4v) is 3.50. The molecule has 0 aromatic heterocycles. The molecule has 8 heteroatoms. The van der Waals surface area contributed by atoms with E-state index in [0.717, 1.165) is 37.1 Å². The Morgan fingerprint density at radius 3 is 2.19 bits per heavy atom. The fraction of sp³-hybridized carbons (Fsp3) is 0.538. The molecule has 0 saturated heterocycles. The summed E-state index contributed by atoms with van der Waals surface area (Å²) in [7, 11) is -2.22. The Hall–Kier alpha value is -1.28. The molecule has 1 aliphatic carbocycles. The van der Waals surface area contributed by atoms with Gasteiger partial charge in [-0.25, -0.2) is 8.42 Å². The smallest absolute Gasteiger partial charge is 0.406 e. The first-order chi connectivity index (χ1) is 9.61. The molecule has 2 rings (SSSR count). The maximum absolute atomic E-state index is 12.4. The van der Waals surface area contributed by atoms with Gasteiger partial charge in [-0.1, -0.05) is 0 Å². The summed E-state index contributed by atoms with van der Waals surface area (Å²) in [6, 6.07) is 4.10. The lowest BCUT2D eigenvalue weighted by Crippen LogP contribution is -2.36. The van der Waals surface area contributed by atoms with Gasteiger partial charge in [0.15, 0.2) is 0 Å². The highest BCUT2D eigenvalue weighted by Crippen LogP contribution is 2.36. The van der Waals surface area contributed by atoms with Crippen LogP contribution in [0.4, 0.5) is 13.2 Å². The van der Waals surface area contributed by atoms with Crippen LogP contribution in [0.5, 0.6) is 5.75 Å². The van der Waals surface area contributed by atoms with Crippen LogP contribution in [0.25, 0.3) is 0 Å². The van der Waals surface area contributed by atoms with Gasteiger partial charge in [0, 0.05) is 13.1 Å². The summed E-state index contributed by atoms with van der Waals surface area (Å²) in [5.41, 5.74) is 0. The molecular formula is C13H16F3NO3S. The molecule has 1 saturated carbocycles. The number of alkyl halides is 3. The predicted molar refractivity (Wildman–Crippen MR) is 70.3 cm³/mol. The van der Waals surface area contributed by atoms with Crippen molar-refractivity contribution in [3.05, 3.63) is 24.3 Å². The molecule has 1 atom stereocenters. The lowest BCUT2D eigenvalue weighted by molar-refractivity contribution is -0.274. The van der Waals surface area contributed by atoms with E-state index in [4.69, 9.17) is 0 Å². The molecule has 0 amide bonds. The highest BCUT2D eigenvalue weighted by atomic mass is 32.2. The Balaban J connectivity index is 2.16. The van der Waals surface area contributed by atoms with Gasteiger partial charge in [-0.15, -0.1) is 13.2 Å². The van der Waals surface area contributed by atoms with Crippen molar-refractivity contribution < 1.29 is 26.3 Å². The minimum atomic E-state index is -4.79. The monoisotopic (exact) mass is 323 g/mol. The molecule has 1 fully saturated rings. The van der Waals surface area contributed by atoms with Crippen molar-refractivity contribution in [2.24, 2.45) is 5.92 Å². The van der Waals surface area contributed by atoms with Gasteiger partial charge in [-0.2, -0.15) is 4.31 Å². The molecule has 118 valence electrons. The Labute approximate surface area is 121 Å². The summed E-state index contributed by atoms with van der Waals surface area (Å²) in [5, 5.41) is 0. The molecule has 0 aliphatic heterocycles. The second-order valence-corrected chi connectivity index (χ2v) is 7.12. The van der Waals surface area contributed by atoms with E-state index in [2.05, 4.69) is 4.74 Å². The maximum atomic E-state index is 12.4. The number of nitrogens with zero attached hydrogens (tertiary/aromatic N) is 1. The average Bonchev–Trinajstić information content (AvgIpc) is 3.20. The van der Waals surface area contributed by atoms with Gasteiger partial charge in [0.25, 0.3) is 0 Å². The predicted octanol–water partition coefficient (Wildman–Crippen LogP) is 3.00. The zero-order valence-electron chi connectivity index (χ0n) is 11.6. The average molecular weight is 323 g/mol. The summed E-state index contributed by atoms with van der Waals surface area (Å²) in [6.07, 6.45) is -2.80. The van der Waals surface area contributed by atoms with Crippen molar-refractivity contribution in [2.45, 2.75) is 37.1 Å². The molecule has 1 aromatic rings. The molecule has 0 heterocycles. The normalized spacial score (nSPS) is 17.8. The minimum absolute atomic E-state index is 0.0491. The Bertz CT molecular complexity index is 594. The van der Waals surface area contributed by atoms with Crippen LogP contribution in [0.15, 0.2) is 29.2 Å². The number of rotatable bonds is 5. The molecular weight excluding hydrogens is 307 g/mol. The zero-order chi connectivity index (χ0) is 15.8. The highest BCUT2D eigenvalue weighted by molar-refractivity contribution is 7.89. The van der Waals surface area contributed by atoms with E-state index in [0.29, 0.717) is 5.92 Å². The van der Waals surface area contributed by atoms with Crippen molar-refractivity contribution in [2.75, 3.05) is 7.05 Å². The standard InChI is InChI=1S/C13H16F3NO3S/c1-9(10-3-4-10)17(2)21(18,19)12-7-5-11(6-8-12)20-13(14,15)16/h5-10H,3-4H2,1-2H3. The number of halogens is 3. The first kappa shape index (κ1) is 16.1. The lowest BCUT2D eigenvalue weighted by atomic mass is 10.2. The first-order valence-corrected chi connectivity index (χ1v) is 7.89. The van der Waals surface area contributed by atoms with E-state index in [1.165, 1.54) is 11.4 Å². The van der Waals surface area contributed by atoms with Gasteiger partial charge in [0.2, 0.25) is 10.0 Å². The molecule has 21 heavy (non-hydrogen) atoms. The van der Waals surface area contributed by atoms with Gasteiger partial charge in [-0.05, 0) is 49.9 Å². The van der Waals surface area contributed by atoms with Crippen LogP contribution < -0.4 is 4.74 Å². The van der Waals surface area contributed by atoms with Crippen molar-refractivity contribution in [1.29, 1.82) is 0 Å². The molecule has 1 aliphatic rings. The number of benzene rings is 1. The van der Waals surface area contributed by atoms with Crippen LogP contribution in [0.1, 0.15) is 19.8 Å². The van der Waals surface area contributed by atoms with Crippen molar-refractivity contribution in [3.63, 3.8) is 0 Å². The fourth-order valence-electron chi connectivity index (χ4n) is 2.07. The maximum Gasteiger partial charge on any atom is 0.573 e. The van der Waals surface area contributed by atoms with E-state index in [-0.39, 0.29) is 10.9 Å². The van der Waals surface area contributed by atoms with Crippen molar-refractivity contribution in [3.8, 4) is 5.75 Å². The van der Waals surface area contributed by atoms with Crippen LogP contribution in [-0.4, -0.2) is 32.2 Å². The van der Waals surface area contributed by atoms with Gasteiger partial charge in [0.05, 0.1) is 4.90 Å². The summed E-state index contributed by atoms with van der Waals surface area (Å²) in [4.78, 5) is -0.0491. The van der Waals surface area contributed by atoms with Gasteiger partial charge in [-0.3, -0.25) is 0 Å². The van der Waals surface area contributed by atoms with Crippen molar-refractivity contribution in [1.82, 2.24) is 4.31 Å². The molecule has 0 N–H and O–H groups in total. The third-order valence-corrected chi connectivity index (χ3v) is 5.57. The summed E-state index contributed by atoms with van der Waals surface area (Å²) in [5.74, 6) is -0.0862. The van der Waals surface area contributed by atoms with Crippen LogP contribution in [0.2, 0.25) is 0 Å². The second kappa shape index (κ2) is 5.49. The zero-order valence-corrected chi connectivity index (χ0v) is 12.4. The topological polar surface area (TPSA) is 46.6 Å². The number of hydrogen-bond donors (Lipinski definition) is 0. The number of sulfonamides is 1. The lowest BCUT2D eigenvalue weighted by Gasteiger charge is -2.24. The molecule has 0 spiro atoms. The molecule has 0 radical (unpaired) electrons. The first-order valence-electron chi connectivity index (χ1n) is 6.45. The molecule has 1 unspecified atom stereocenters. The van der Waals surface area contributed by atoms with Crippen LogP contribution in [0.3, 0.4) is 0 Å². The van der Waals surface area contributed by atoms with Gasteiger partial charge >= 0.3 is 6.36 Å². The van der Waals surface area contributed by atoms with E-state index in [1.807, 2.05) is 6.92 Å². The third-order valence-electron chi connectivity index (χ3n) is 3.61. The summed E-state index contributed by atoms with van der Waals surface area (Å²) < 4.78 is 65.9. The SMILES string of the molecule is CC(C1CC1)N(C)S(=O)(=O)c1ccc(OC(F)(F)F)cc1. The van der Waals surface area contributed by atoms with Crippen molar-refractivity contribution >= 4 is 10.0 Å². The highest BCUT2D eigenvalue weighted by Gasteiger charge is 2.36. The summed E-state index contributed by atoms with van der Waals surface area (Å²) >= 11 is 0. The van der Waals surface area contributed by atoms with Gasteiger partial charge in [0.1, 0.15) is 5.75 Å². The Kier molecular flexibility index (Phi) is 4.21. The van der Waals surface area contributed by atoms with E-state index in [9.17, 15) is 21.6 Å². The number of hydrogen-bond acceptors (Lipinski definition) is 3. The Morgan fingerprint density at radius 2 is 1.76 bits per heavy atom. The quantitative estimate of drug-likeness (QED) is 0.837. The van der Waals surface area contributed by atoms with Crippen LogP contribution in [0, 0.1) is 5.92 Å².